The summed E-state index contributed by atoms with van der Waals surface area (Å²) in [5, 5.41) is 3.29. The number of nitrogens with one attached hydrogen (secondary N) is 1. The molecule has 0 amide bonds. The van der Waals surface area contributed by atoms with Crippen LogP contribution in [0, 0.1) is 0 Å². The van der Waals surface area contributed by atoms with Crippen LogP contribution in [0.3, 0.4) is 0 Å². The average Bonchev–Trinajstić information content (AvgIpc) is 2.38. The highest BCUT2D eigenvalue weighted by Gasteiger charge is 2.10. The fourth-order valence-corrected chi connectivity index (χ4v) is 1.75. The Morgan fingerprint density at radius 1 is 1.25 bits per heavy atom. The third kappa shape index (κ3) is 2.97. The topological polar surface area (TPSA) is 53.6 Å². The van der Waals surface area contributed by atoms with E-state index < -0.39 is 0 Å². The summed E-state index contributed by atoms with van der Waals surface area (Å²) in [4.78, 5) is 6.54. The van der Waals surface area contributed by atoms with Gasteiger partial charge in [0, 0.05) is 26.2 Å². The second-order valence-electron chi connectivity index (χ2n) is 3.90. The molecule has 1 heterocycles. The maximum atomic E-state index is 5.94. The third-order valence-electron chi connectivity index (χ3n) is 2.71. The molecule has 1 aromatic carbocycles. The monoisotopic (exact) mass is 218 g/mol. The zero-order valence-corrected chi connectivity index (χ0v) is 9.39. The van der Waals surface area contributed by atoms with E-state index in [1.165, 1.54) is 5.56 Å². The molecule has 0 atom stereocenters. The molecule has 1 aromatic rings. The molecule has 0 unspecified atom stereocenters. The summed E-state index contributed by atoms with van der Waals surface area (Å²) in [6, 6.07) is 10.2. The third-order valence-corrected chi connectivity index (χ3v) is 2.71. The molecule has 1 fully saturated rings. The lowest BCUT2D eigenvalue weighted by Gasteiger charge is -2.28. The summed E-state index contributed by atoms with van der Waals surface area (Å²) in [6.45, 7) is 4.54. The quantitative estimate of drug-likeness (QED) is 0.558. The van der Waals surface area contributed by atoms with Gasteiger partial charge in [-0.2, -0.15) is 0 Å². The molecule has 2 rings (SSSR count). The van der Waals surface area contributed by atoms with Crippen molar-refractivity contribution in [2.24, 2.45) is 10.7 Å². The number of hydrogen-bond acceptors (Lipinski definition) is 2. The average molecular weight is 218 g/mol. The van der Waals surface area contributed by atoms with Crippen LogP contribution in [0.4, 0.5) is 0 Å². The van der Waals surface area contributed by atoms with Crippen molar-refractivity contribution in [3.8, 4) is 0 Å². The fourth-order valence-electron chi connectivity index (χ4n) is 1.75. The number of piperazine rings is 1. The Bertz CT molecular complexity index is 341. The minimum Gasteiger partial charge on any atom is -0.370 e. The highest BCUT2D eigenvalue weighted by molar-refractivity contribution is 5.78. The zero-order chi connectivity index (χ0) is 11.2. The predicted octanol–water partition coefficient (Wildman–Crippen LogP) is 0.406. The predicted molar refractivity (Wildman–Crippen MR) is 66.2 cm³/mol. The van der Waals surface area contributed by atoms with Crippen LogP contribution >= 0.6 is 0 Å². The van der Waals surface area contributed by atoms with Gasteiger partial charge in [-0.1, -0.05) is 30.3 Å². The second kappa shape index (κ2) is 5.51. The van der Waals surface area contributed by atoms with Crippen LogP contribution in [0.25, 0.3) is 0 Å². The van der Waals surface area contributed by atoms with E-state index in [1.807, 2.05) is 18.2 Å². The number of benzene rings is 1. The highest BCUT2D eigenvalue weighted by Crippen LogP contribution is 2.01. The first-order valence-electron chi connectivity index (χ1n) is 5.66. The summed E-state index contributed by atoms with van der Waals surface area (Å²) < 4.78 is 0. The summed E-state index contributed by atoms with van der Waals surface area (Å²) in [5.74, 6) is 0.658. The number of rotatable bonds is 2. The van der Waals surface area contributed by atoms with Gasteiger partial charge in [-0.15, -0.1) is 0 Å². The summed E-state index contributed by atoms with van der Waals surface area (Å²) in [7, 11) is 0. The van der Waals surface area contributed by atoms with Gasteiger partial charge in [0.2, 0.25) is 0 Å². The molecule has 1 saturated heterocycles. The maximum Gasteiger partial charge on any atom is 0.191 e. The van der Waals surface area contributed by atoms with Crippen LogP contribution in [0.1, 0.15) is 5.56 Å². The molecular formula is C12H18N4. The van der Waals surface area contributed by atoms with Crippen molar-refractivity contribution < 1.29 is 0 Å². The van der Waals surface area contributed by atoms with Gasteiger partial charge in [-0.25, -0.2) is 4.99 Å². The molecule has 0 spiro atoms. The highest BCUT2D eigenvalue weighted by atomic mass is 15.3. The van der Waals surface area contributed by atoms with Crippen LogP contribution in [0.5, 0.6) is 0 Å². The van der Waals surface area contributed by atoms with Crippen molar-refractivity contribution in [2.75, 3.05) is 26.2 Å². The van der Waals surface area contributed by atoms with E-state index in [0.717, 1.165) is 26.2 Å². The number of guanidine groups is 1. The van der Waals surface area contributed by atoms with Gasteiger partial charge >= 0.3 is 0 Å². The SMILES string of the molecule is NC(=NCc1ccccc1)N1CCNCC1. The van der Waals surface area contributed by atoms with Gasteiger partial charge in [-0.05, 0) is 5.56 Å². The first-order valence-corrected chi connectivity index (χ1v) is 5.66. The van der Waals surface area contributed by atoms with Crippen molar-refractivity contribution in [1.82, 2.24) is 10.2 Å². The maximum absolute atomic E-state index is 5.94. The van der Waals surface area contributed by atoms with Crippen LogP contribution < -0.4 is 11.1 Å². The van der Waals surface area contributed by atoms with Gasteiger partial charge in [0.25, 0.3) is 0 Å². The van der Waals surface area contributed by atoms with Crippen molar-refractivity contribution in [3.63, 3.8) is 0 Å². The number of hydrogen-bond donors (Lipinski definition) is 2. The Hall–Kier alpha value is -1.55. The normalized spacial score (nSPS) is 17.5. The molecule has 1 aliphatic rings. The Kier molecular flexibility index (Phi) is 3.77. The van der Waals surface area contributed by atoms with E-state index in [-0.39, 0.29) is 0 Å². The molecule has 1 aliphatic heterocycles. The van der Waals surface area contributed by atoms with Crippen LogP contribution in [0.15, 0.2) is 35.3 Å². The Morgan fingerprint density at radius 2 is 1.94 bits per heavy atom. The van der Waals surface area contributed by atoms with E-state index in [9.17, 15) is 0 Å². The molecule has 16 heavy (non-hydrogen) atoms. The Labute approximate surface area is 96.2 Å². The largest absolute Gasteiger partial charge is 0.370 e. The number of nitrogens with two attached hydrogens (primary N) is 1. The minimum atomic E-state index is 0.658. The van der Waals surface area contributed by atoms with Crippen LogP contribution in [-0.4, -0.2) is 37.0 Å². The van der Waals surface area contributed by atoms with Crippen LogP contribution in [0.2, 0.25) is 0 Å². The van der Waals surface area contributed by atoms with Crippen LogP contribution in [-0.2, 0) is 6.54 Å². The summed E-state index contributed by atoms with van der Waals surface area (Å²) >= 11 is 0. The fraction of sp³-hybridized carbons (Fsp3) is 0.417. The first-order chi connectivity index (χ1) is 7.86. The van der Waals surface area contributed by atoms with E-state index >= 15 is 0 Å². The Morgan fingerprint density at radius 3 is 2.62 bits per heavy atom. The van der Waals surface area contributed by atoms with E-state index in [2.05, 4.69) is 27.3 Å². The zero-order valence-electron chi connectivity index (χ0n) is 9.39. The molecular weight excluding hydrogens is 200 g/mol. The lowest BCUT2D eigenvalue weighted by molar-refractivity contribution is 0.353. The van der Waals surface area contributed by atoms with Gasteiger partial charge in [-0.3, -0.25) is 0 Å². The van der Waals surface area contributed by atoms with E-state index in [4.69, 9.17) is 5.73 Å². The smallest absolute Gasteiger partial charge is 0.191 e. The molecule has 4 heteroatoms. The summed E-state index contributed by atoms with van der Waals surface area (Å²) in [5.41, 5.74) is 7.14. The molecule has 0 radical (unpaired) electrons. The molecule has 0 bridgehead atoms. The number of nitrogens with zero attached hydrogens (tertiary/aromatic N) is 2. The van der Waals surface area contributed by atoms with Crippen molar-refractivity contribution in [2.45, 2.75) is 6.54 Å². The van der Waals surface area contributed by atoms with Crippen molar-refractivity contribution in [3.05, 3.63) is 35.9 Å². The molecule has 0 saturated carbocycles. The van der Waals surface area contributed by atoms with Gasteiger partial charge in [0.15, 0.2) is 5.96 Å². The van der Waals surface area contributed by atoms with E-state index in [1.54, 1.807) is 0 Å². The van der Waals surface area contributed by atoms with Crippen molar-refractivity contribution in [1.29, 1.82) is 0 Å². The Balaban J connectivity index is 1.91. The van der Waals surface area contributed by atoms with Gasteiger partial charge in [0.05, 0.1) is 6.54 Å². The lowest BCUT2D eigenvalue weighted by Crippen LogP contribution is -2.49. The molecule has 0 aromatic heterocycles. The minimum absolute atomic E-state index is 0.658. The van der Waals surface area contributed by atoms with Gasteiger partial charge < -0.3 is 16.0 Å². The van der Waals surface area contributed by atoms with Gasteiger partial charge in [0.1, 0.15) is 0 Å². The summed E-state index contributed by atoms with van der Waals surface area (Å²) in [6.07, 6.45) is 0. The number of aliphatic imine (C=N–C) groups is 1. The lowest BCUT2D eigenvalue weighted by atomic mass is 10.2. The molecule has 86 valence electrons. The van der Waals surface area contributed by atoms with Crippen molar-refractivity contribution >= 4 is 5.96 Å². The second-order valence-corrected chi connectivity index (χ2v) is 3.90. The molecule has 3 N–H and O–H groups in total. The molecule has 4 nitrogen and oxygen atoms in total. The standard InChI is InChI=1S/C12H18N4/c13-12(16-8-6-14-7-9-16)15-10-11-4-2-1-3-5-11/h1-5,14H,6-10H2,(H2,13,15). The molecule has 0 aliphatic carbocycles. The first kappa shape index (κ1) is 11.0. The van der Waals surface area contributed by atoms with E-state index in [0.29, 0.717) is 12.5 Å².